The highest BCUT2D eigenvalue weighted by Gasteiger charge is 2.02. The molecule has 0 spiro atoms. The van der Waals surface area contributed by atoms with E-state index in [1.165, 1.54) is 15.9 Å². The molecule has 3 N–H and O–H groups in total. The molecule has 0 aliphatic carbocycles. The molecule has 1 heterocycles. The number of benzene rings is 2. The Kier molecular flexibility index (Phi) is 4.37. The zero-order valence-corrected chi connectivity index (χ0v) is 12.8. The molecule has 0 atom stereocenters. The van der Waals surface area contributed by atoms with Crippen molar-refractivity contribution in [1.82, 2.24) is 20.3 Å². The summed E-state index contributed by atoms with van der Waals surface area (Å²) in [7, 11) is 0. The van der Waals surface area contributed by atoms with Gasteiger partial charge in [0, 0.05) is 0 Å². The fraction of sp³-hybridized carbons (Fsp3) is 0.188. The monoisotopic (exact) mass is 310 g/mol. The summed E-state index contributed by atoms with van der Waals surface area (Å²) < 4.78 is 5.82. The number of aryl methyl sites for hydroxylation is 1. The van der Waals surface area contributed by atoms with E-state index >= 15 is 0 Å². The summed E-state index contributed by atoms with van der Waals surface area (Å²) in [4.78, 5) is 1.34. The van der Waals surface area contributed by atoms with Gasteiger partial charge in [0.25, 0.3) is 5.95 Å². The van der Waals surface area contributed by atoms with Crippen molar-refractivity contribution in [2.45, 2.75) is 20.1 Å². The van der Waals surface area contributed by atoms with Crippen molar-refractivity contribution in [3.8, 4) is 5.75 Å². The van der Waals surface area contributed by atoms with Crippen LogP contribution in [0.25, 0.3) is 0 Å². The molecule has 0 unspecified atom stereocenters. The quantitative estimate of drug-likeness (QED) is 0.722. The van der Waals surface area contributed by atoms with E-state index in [4.69, 9.17) is 10.5 Å². The number of nitrogen functional groups attached to an aromatic ring is 1. The maximum Gasteiger partial charge on any atom is 0.260 e. The first-order chi connectivity index (χ1) is 11.2. The first-order valence-electron chi connectivity index (χ1n) is 7.26. The lowest BCUT2D eigenvalue weighted by atomic mass is 10.1. The molecule has 7 nitrogen and oxygen atoms in total. The van der Waals surface area contributed by atoms with Gasteiger partial charge >= 0.3 is 0 Å². The highest BCUT2D eigenvalue weighted by Crippen LogP contribution is 2.16. The van der Waals surface area contributed by atoms with Gasteiger partial charge in [0.1, 0.15) is 12.4 Å². The van der Waals surface area contributed by atoms with Crippen molar-refractivity contribution in [2.24, 2.45) is 0 Å². The van der Waals surface area contributed by atoms with Crippen LogP contribution in [0.15, 0.2) is 48.5 Å². The molecule has 23 heavy (non-hydrogen) atoms. The highest BCUT2D eigenvalue weighted by atomic mass is 16.5. The molecule has 1 aromatic heterocycles. The summed E-state index contributed by atoms with van der Waals surface area (Å²) in [5, 5.41) is 10.8. The molecule has 0 amide bonds. The van der Waals surface area contributed by atoms with Crippen LogP contribution in [0.2, 0.25) is 0 Å². The fourth-order valence-corrected chi connectivity index (χ4v) is 2.11. The normalized spacial score (nSPS) is 10.5. The van der Waals surface area contributed by atoms with Gasteiger partial charge in [-0.2, -0.15) is 0 Å². The Morgan fingerprint density at radius 1 is 1.13 bits per heavy atom. The van der Waals surface area contributed by atoms with Gasteiger partial charge in [0.05, 0.1) is 6.54 Å². The molecule has 0 bridgehead atoms. The molecule has 118 valence electrons. The average Bonchev–Trinajstić information content (AvgIpc) is 2.98. The minimum absolute atomic E-state index is 0.225. The number of nitrogens with two attached hydrogens (primary N) is 1. The lowest BCUT2D eigenvalue weighted by molar-refractivity contribution is 0.305. The van der Waals surface area contributed by atoms with E-state index < -0.39 is 0 Å². The minimum Gasteiger partial charge on any atom is -0.489 e. The number of nitrogens with zero attached hydrogens (tertiary/aromatic N) is 4. The lowest BCUT2D eigenvalue weighted by Crippen LogP contribution is -2.18. The maximum absolute atomic E-state index is 5.82. The Hall–Kier alpha value is -3.09. The van der Waals surface area contributed by atoms with Crippen LogP contribution in [-0.4, -0.2) is 20.3 Å². The number of hydrogen-bond acceptors (Lipinski definition) is 6. The fourth-order valence-electron chi connectivity index (χ4n) is 2.11. The molecule has 7 heteroatoms. The van der Waals surface area contributed by atoms with E-state index in [1.807, 2.05) is 36.4 Å². The van der Waals surface area contributed by atoms with Crippen LogP contribution in [-0.2, 0) is 13.2 Å². The Balaban J connectivity index is 1.55. The van der Waals surface area contributed by atoms with E-state index in [0.29, 0.717) is 13.2 Å². The van der Waals surface area contributed by atoms with Gasteiger partial charge in [0.2, 0.25) is 0 Å². The summed E-state index contributed by atoms with van der Waals surface area (Å²) in [5.74, 6) is 1.06. The molecule has 0 aliphatic heterocycles. The number of rotatable bonds is 6. The van der Waals surface area contributed by atoms with Crippen LogP contribution < -0.4 is 15.9 Å². The van der Waals surface area contributed by atoms with E-state index in [9.17, 15) is 0 Å². The van der Waals surface area contributed by atoms with Crippen molar-refractivity contribution < 1.29 is 4.74 Å². The smallest absolute Gasteiger partial charge is 0.260 e. The third-order valence-corrected chi connectivity index (χ3v) is 3.51. The molecule has 3 aromatic rings. The number of tetrazole rings is 1. The largest absolute Gasteiger partial charge is 0.489 e. The van der Waals surface area contributed by atoms with Gasteiger partial charge in [-0.1, -0.05) is 41.5 Å². The van der Waals surface area contributed by atoms with Crippen LogP contribution in [0, 0.1) is 6.92 Å². The molecular weight excluding hydrogens is 292 g/mol. The molecule has 2 aromatic carbocycles. The number of anilines is 1. The van der Waals surface area contributed by atoms with E-state index in [1.54, 1.807) is 0 Å². The summed E-state index contributed by atoms with van der Waals surface area (Å²) in [6.07, 6.45) is 0. The van der Waals surface area contributed by atoms with Gasteiger partial charge in [-0.25, -0.2) is 0 Å². The Morgan fingerprint density at radius 2 is 1.91 bits per heavy atom. The van der Waals surface area contributed by atoms with Crippen molar-refractivity contribution in [3.05, 3.63) is 65.2 Å². The summed E-state index contributed by atoms with van der Waals surface area (Å²) >= 11 is 0. The zero-order valence-electron chi connectivity index (χ0n) is 12.8. The number of nitrogens with one attached hydrogen (secondary N) is 1. The van der Waals surface area contributed by atoms with Crippen LogP contribution in [0.5, 0.6) is 5.75 Å². The van der Waals surface area contributed by atoms with E-state index in [-0.39, 0.29) is 5.95 Å². The SMILES string of the molecule is Cc1ccccc1COc1ccc(CNn2nnnc2N)cc1. The Labute approximate surface area is 134 Å². The first-order valence-corrected chi connectivity index (χ1v) is 7.26. The third-order valence-electron chi connectivity index (χ3n) is 3.51. The molecule has 3 rings (SSSR count). The van der Waals surface area contributed by atoms with Crippen molar-refractivity contribution in [3.63, 3.8) is 0 Å². The topological polar surface area (TPSA) is 90.9 Å². The summed E-state index contributed by atoms with van der Waals surface area (Å²) in [6.45, 7) is 3.21. The van der Waals surface area contributed by atoms with Gasteiger partial charge in [-0.15, -0.1) is 4.79 Å². The maximum atomic E-state index is 5.82. The van der Waals surface area contributed by atoms with E-state index in [0.717, 1.165) is 11.3 Å². The van der Waals surface area contributed by atoms with Gasteiger partial charge in [0.15, 0.2) is 0 Å². The van der Waals surface area contributed by atoms with Gasteiger partial charge in [-0.05, 0) is 46.2 Å². The first kappa shape index (κ1) is 14.8. The average molecular weight is 310 g/mol. The van der Waals surface area contributed by atoms with Gasteiger partial charge < -0.3 is 15.9 Å². The lowest BCUT2D eigenvalue weighted by Gasteiger charge is -2.10. The van der Waals surface area contributed by atoms with E-state index in [2.05, 4.69) is 40.0 Å². The van der Waals surface area contributed by atoms with Crippen LogP contribution in [0.3, 0.4) is 0 Å². The molecular formula is C16H18N6O. The van der Waals surface area contributed by atoms with Crippen LogP contribution in [0.4, 0.5) is 5.95 Å². The van der Waals surface area contributed by atoms with Crippen molar-refractivity contribution >= 4 is 5.95 Å². The third kappa shape index (κ3) is 3.76. The summed E-state index contributed by atoms with van der Waals surface area (Å²) in [6, 6.07) is 16.1. The number of hydrogen-bond donors (Lipinski definition) is 2. The zero-order chi connectivity index (χ0) is 16.1. The highest BCUT2D eigenvalue weighted by molar-refractivity contribution is 5.30. The predicted octanol–water partition coefficient (Wildman–Crippen LogP) is 1.89. The Morgan fingerprint density at radius 3 is 2.61 bits per heavy atom. The molecule has 0 aliphatic rings. The van der Waals surface area contributed by atoms with Crippen molar-refractivity contribution in [1.29, 1.82) is 0 Å². The van der Waals surface area contributed by atoms with Crippen molar-refractivity contribution in [2.75, 3.05) is 11.2 Å². The second-order valence-electron chi connectivity index (χ2n) is 5.14. The Bertz CT molecular complexity index is 768. The van der Waals surface area contributed by atoms with Crippen LogP contribution >= 0.6 is 0 Å². The molecule has 0 saturated carbocycles. The number of aromatic nitrogens is 4. The molecule has 0 saturated heterocycles. The molecule has 0 radical (unpaired) electrons. The predicted molar refractivity (Wildman–Crippen MR) is 87.2 cm³/mol. The standard InChI is InChI=1S/C16H18N6O/c1-12-4-2-3-5-14(12)11-23-15-8-6-13(7-9-15)10-18-22-16(17)19-20-21-22/h2-9,18H,10-11H2,1H3,(H2,17,19,21). The molecule has 0 fully saturated rings. The second-order valence-corrected chi connectivity index (χ2v) is 5.14. The van der Waals surface area contributed by atoms with Crippen LogP contribution in [0.1, 0.15) is 16.7 Å². The number of ether oxygens (including phenoxy) is 1. The summed E-state index contributed by atoms with van der Waals surface area (Å²) in [5.41, 5.74) is 12.1. The second kappa shape index (κ2) is 6.78. The van der Waals surface area contributed by atoms with Gasteiger partial charge in [-0.3, -0.25) is 0 Å². The minimum atomic E-state index is 0.225.